The number of nitrogens with zero attached hydrogens (tertiary/aromatic N) is 3. The first kappa shape index (κ1) is 25.5. The average Bonchev–Trinajstić information content (AvgIpc) is 2.77. The van der Waals surface area contributed by atoms with Crippen LogP contribution < -0.4 is 27.4 Å². The van der Waals surface area contributed by atoms with Crippen molar-refractivity contribution >= 4 is 17.4 Å². The molecule has 3 rings (SSSR count). The number of nitrogens with two attached hydrogens (primary N) is 1. The second-order valence-electron chi connectivity index (χ2n) is 8.34. The molecule has 0 bridgehead atoms. The van der Waals surface area contributed by atoms with Crippen LogP contribution in [0.2, 0.25) is 0 Å². The molecule has 0 aliphatic carbocycles. The van der Waals surface area contributed by atoms with E-state index in [9.17, 15) is 32.3 Å². The lowest BCUT2D eigenvalue weighted by molar-refractivity contribution is -0.138. The number of aromatic nitrogens is 3. The van der Waals surface area contributed by atoms with Gasteiger partial charge in [-0.15, -0.1) is 0 Å². The number of rotatable bonds is 7. The molecule has 0 atom stereocenters. The standard InChI is InChI=1S/C23H24F3N5O4/c1-14(2)10-30(18(33)13-29-12-16(23(24,25)26)8-9-17(29)32)19-20(27)31(22(35)28-21(19)34)11-15-6-4-3-5-7-15/h3-9,12,14H,10-11,13,27H2,1-2H3,(H,28,34,35). The van der Waals surface area contributed by atoms with E-state index in [1.54, 1.807) is 44.2 Å². The number of halogens is 3. The zero-order valence-corrected chi connectivity index (χ0v) is 19.0. The smallest absolute Gasteiger partial charge is 0.383 e. The van der Waals surface area contributed by atoms with Crippen LogP contribution in [-0.2, 0) is 24.1 Å². The number of hydrogen-bond donors (Lipinski definition) is 2. The molecule has 0 unspecified atom stereocenters. The molecule has 12 heteroatoms. The van der Waals surface area contributed by atoms with Gasteiger partial charge >= 0.3 is 11.9 Å². The van der Waals surface area contributed by atoms with Crippen LogP contribution in [0.4, 0.5) is 24.7 Å². The van der Waals surface area contributed by atoms with Crippen molar-refractivity contribution in [3.8, 4) is 0 Å². The number of aromatic amines is 1. The zero-order valence-electron chi connectivity index (χ0n) is 19.0. The fourth-order valence-electron chi connectivity index (χ4n) is 3.50. The zero-order chi connectivity index (χ0) is 25.9. The number of pyridine rings is 1. The van der Waals surface area contributed by atoms with Crippen molar-refractivity contribution in [3.05, 3.63) is 91.0 Å². The second kappa shape index (κ2) is 10.0. The number of hydrogen-bond acceptors (Lipinski definition) is 5. The minimum atomic E-state index is -4.72. The maximum absolute atomic E-state index is 13.2. The molecule has 1 aromatic carbocycles. The predicted molar refractivity (Wildman–Crippen MR) is 124 cm³/mol. The Kier molecular flexibility index (Phi) is 7.32. The third-order valence-electron chi connectivity index (χ3n) is 5.13. The third-order valence-corrected chi connectivity index (χ3v) is 5.13. The van der Waals surface area contributed by atoms with Gasteiger partial charge < -0.3 is 15.2 Å². The Hall–Kier alpha value is -4.09. The van der Waals surface area contributed by atoms with Crippen molar-refractivity contribution in [1.29, 1.82) is 0 Å². The van der Waals surface area contributed by atoms with E-state index >= 15 is 0 Å². The molecule has 35 heavy (non-hydrogen) atoms. The molecule has 0 fully saturated rings. The summed E-state index contributed by atoms with van der Waals surface area (Å²) in [5.41, 5.74) is 2.92. The van der Waals surface area contributed by atoms with Crippen LogP contribution in [0.3, 0.4) is 0 Å². The quantitative estimate of drug-likeness (QED) is 0.524. The van der Waals surface area contributed by atoms with Gasteiger partial charge in [-0.25, -0.2) is 4.79 Å². The van der Waals surface area contributed by atoms with Gasteiger partial charge in [-0.1, -0.05) is 44.2 Å². The maximum atomic E-state index is 13.2. The van der Waals surface area contributed by atoms with E-state index in [2.05, 4.69) is 4.98 Å². The van der Waals surface area contributed by atoms with Gasteiger partial charge in [-0.3, -0.25) is 23.9 Å². The van der Waals surface area contributed by atoms with Crippen LogP contribution in [0.1, 0.15) is 25.0 Å². The van der Waals surface area contributed by atoms with Gasteiger partial charge in [-0.05, 0) is 17.5 Å². The SMILES string of the molecule is CC(C)CN(C(=O)Cn1cc(C(F)(F)F)ccc1=O)c1c(N)n(Cc2ccccc2)c(=O)[nH]c1=O. The Morgan fingerprint density at radius 1 is 1.09 bits per heavy atom. The normalized spacial score (nSPS) is 11.6. The molecule has 3 N–H and O–H groups in total. The van der Waals surface area contributed by atoms with Crippen LogP contribution >= 0.6 is 0 Å². The number of anilines is 2. The molecule has 0 saturated heterocycles. The summed E-state index contributed by atoms with van der Waals surface area (Å²) < 4.78 is 41.0. The van der Waals surface area contributed by atoms with Crippen LogP contribution in [-0.4, -0.2) is 26.6 Å². The van der Waals surface area contributed by atoms with Gasteiger partial charge in [0.15, 0.2) is 5.69 Å². The summed E-state index contributed by atoms with van der Waals surface area (Å²) >= 11 is 0. The van der Waals surface area contributed by atoms with Crippen molar-refractivity contribution in [2.45, 2.75) is 33.1 Å². The first-order chi connectivity index (χ1) is 16.4. The third kappa shape index (κ3) is 5.89. The van der Waals surface area contributed by atoms with Crippen molar-refractivity contribution < 1.29 is 18.0 Å². The number of H-pyrrole nitrogens is 1. The van der Waals surface area contributed by atoms with Crippen LogP contribution in [0.25, 0.3) is 0 Å². The van der Waals surface area contributed by atoms with Crippen molar-refractivity contribution in [3.63, 3.8) is 0 Å². The first-order valence-electron chi connectivity index (χ1n) is 10.6. The predicted octanol–water partition coefficient (Wildman–Crippen LogP) is 2.04. The number of benzene rings is 1. The number of nitrogen functional groups attached to an aromatic ring is 1. The van der Waals surface area contributed by atoms with Gasteiger partial charge in [0.25, 0.3) is 11.1 Å². The fourth-order valence-corrected chi connectivity index (χ4v) is 3.50. The summed E-state index contributed by atoms with van der Waals surface area (Å²) in [4.78, 5) is 53.7. The topological polar surface area (TPSA) is 123 Å². The summed E-state index contributed by atoms with van der Waals surface area (Å²) in [7, 11) is 0. The lowest BCUT2D eigenvalue weighted by atomic mass is 10.2. The number of carbonyl (C=O) groups excluding carboxylic acids is 1. The van der Waals surface area contributed by atoms with Crippen LogP contribution in [0, 0.1) is 5.92 Å². The van der Waals surface area contributed by atoms with E-state index in [1.165, 1.54) is 0 Å². The lowest BCUT2D eigenvalue weighted by Gasteiger charge is -2.26. The van der Waals surface area contributed by atoms with Crippen LogP contribution in [0.5, 0.6) is 0 Å². The molecule has 2 heterocycles. The summed E-state index contributed by atoms with van der Waals surface area (Å²) in [5, 5.41) is 0. The Balaban J connectivity index is 2.06. The minimum absolute atomic E-state index is 0.00603. The van der Waals surface area contributed by atoms with E-state index < -0.39 is 41.0 Å². The number of alkyl halides is 3. The van der Waals surface area contributed by atoms with E-state index in [0.29, 0.717) is 28.5 Å². The minimum Gasteiger partial charge on any atom is -0.383 e. The van der Waals surface area contributed by atoms with Crippen molar-refractivity contribution in [2.24, 2.45) is 5.92 Å². The lowest BCUT2D eigenvalue weighted by Crippen LogP contribution is -2.44. The molecule has 0 saturated carbocycles. The Morgan fingerprint density at radius 3 is 2.34 bits per heavy atom. The molecule has 0 aliphatic heterocycles. The van der Waals surface area contributed by atoms with Crippen molar-refractivity contribution in [1.82, 2.24) is 14.1 Å². The van der Waals surface area contributed by atoms with E-state index in [0.717, 1.165) is 9.47 Å². The van der Waals surface area contributed by atoms with Crippen molar-refractivity contribution in [2.75, 3.05) is 17.2 Å². The summed E-state index contributed by atoms with van der Waals surface area (Å²) in [6, 6.07) is 10.1. The molecular weight excluding hydrogens is 467 g/mol. The number of carbonyl (C=O) groups is 1. The Bertz CT molecular complexity index is 1390. The summed E-state index contributed by atoms with van der Waals surface area (Å²) in [5.74, 6) is -1.32. The highest BCUT2D eigenvalue weighted by molar-refractivity contribution is 5.95. The molecule has 3 aromatic rings. The Labute approximate surface area is 197 Å². The first-order valence-corrected chi connectivity index (χ1v) is 10.6. The molecule has 1 amide bonds. The molecule has 0 aliphatic rings. The van der Waals surface area contributed by atoms with E-state index in [4.69, 9.17) is 5.73 Å². The molecule has 0 radical (unpaired) electrons. The highest BCUT2D eigenvalue weighted by atomic mass is 19.4. The maximum Gasteiger partial charge on any atom is 0.417 e. The van der Waals surface area contributed by atoms with Gasteiger partial charge in [0, 0.05) is 18.8 Å². The average molecular weight is 491 g/mol. The molecule has 186 valence electrons. The molecule has 2 aromatic heterocycles. The van der Waals surface area contributed by atoms with Gasteiger partial charge in [0.2, 0.25) is 5.91 Å². The number of nitrogens with one attached hydrogen (secondary N) is 1. The number of amides is 1. The van der Waals surface area contributed by atoms with Crippen LogP contribution in [0.15, 0.2) is 63.0 Å². The summed E-state index contributed by atoms with van der Waals surface area (Å²) in [6.45, 7) is 2.70. The fraction of sp³-hybridized carbons (Fsp3) is 0.304. The molecule has 0 spiro atoms. The molecule has 9 nitrogen and oxygen atoms in total. The second-order valence-corrected chi connectivity index (χ2v) is 8.34. The highest BCUT2D eigenvalue weighted by Crippen LogP contribution is 2.28. The van der Waals surface area contributed by atoms with Gasteiger partial charge in [0.1, 0.15) is 12.4 Å². The van der Waals surface area contributed by atoms with E-state index in [-0.39, 0.29) is 30.5 Å². The van der Waals surface area contributed by atoms with E-state index in [1.807, 2.05) is 0 Å². The Morgan fingerprint density at radius 2 is 1.74 bits per heavy atom. The highest BCUT2D eigenvalue weighted by Gasteiger charge is 2.32. The van der Waals surface area contributed by atoms with Gasteiger partial charge in [0.05, 0.1) is 12.1 Å². The summed E-state index contributed by atoms with van der Waals surface area (Å²) in [6.07, 6.45) is -4.18. The monoisotopic (exact) mass is 491 g/mol. The molecular formula is C23H24F3N5O4. The largest absolute Gasteiger partial charge is 0.417 e. The van der Waals surface area contributed by atoms with Gasteiger partial charge in [-0.2, -0.15) is 13.2 Å².